The van der Waals surface area contributed by atoms with Gasteiger partial charge in [-0.1, -0.05) is 54.3 Å². The average molecular weight is 415 g/mol. The number of hydrogen-bond donors (Lipinski definition) is 1. The van der Waals surface area contributed by atoms with Crippen LogP contribution in [0.25, 0.3) is 0 Å². The minimum atomic E-state index is -0.155. The van der Waals surface area contributed by atoms with Crippen molar-refractivity contribution in [2.75, 3.05) is 23.9 Å². The number of unbranched alkanes of at least 4 members (excludes halogenated alkanes) is 1. The quantitative estimate of drug-likeness (QED) is 0.245. The summed E-state index contributed by atoms with van der Waals surface area (Å²) in [6, 6.07) is 0. The third-order valence-corrected chi connectivity index (χ3v) is 6.11. The fourth-order valence-electron chi connectivity index (χ4n) is 1.88. The number of hydrogen-bond acceptors (Lipinski definition) is 9. The average Bonchev–Trinajstić information content (AvgIpc) is 3.22. The van der Waals surface area contributed by atoms with E-state index < -0.39 is 0 Å². The highest BCUT2D eigenvalue weighted by Gasteiger charge is 2.14. The second-order valence-corrected chi connectivity index (χ2v) is 8.41. The van der Waals surface area contributed by atoms with Gasteiger partial charge in [0.2, 0.25) is 11.0 Å². The van der Waals surface area contributed by atoms with Gasteiger partial charge in [0.1, 0.15) is 6.61 Å². The van der Waals surface area contributed by atoms with E-state index in [1.165, 1.54) is 23.1 Å². The fraction of sp³-hybridized carbons (Fsp3) is 0.533. The number of thioether (sulfide) groups is 2. The zero-order valence-electron chi connectivity index (χ0n) is 14.8. The third kappa shape index (κ3) is 6.38. The third-order valence-electron chi connectivity index (χ3n) is 3.09. The molecule has 0 aliphatic heterocycles. The molecule has 0 radical (unpaired) electrons. The maximum Gasteiger partial charge on any atom is 0.236 e. The van der Waals surface area contributed by atoms with E-state index >= 15 is 0 Å². The smallest absolute Gasteiger partial charge is 0.236 e. The molecule has 0 fully saturated rings. The van der Waals surface area contributed by atoms with Gasteiger partial charge < -0.3 is 9.30 Å². The number of carbonyl (C=O) groups excluding carboxylic acids is 1. The molecule has 0 aromatic carbocycles. The molecule has 11 heteroatoms. The van der Waals surface area contributed by atoms with E-state index in [4.69, 9.17) is 4.74 Å². The number of aromatic nitrogens is 5. The van der Waals surface area contributed by atoms with Crippen molar-refractivity contribution in [1.29, 1.82) is 0 Å². The number of nitrogens with one attached hydrogen (secondary N) is 1. The molecular formula is C15H22N6O2S3. The minimum Gasteiger partial charge on any atom is -0.377 e. The van der Waals surface area contributed by atoms with Gasteiger partial charge in [0.05, 0.1) is 5.75 Å². The summed E-state index contributed by atoms with van der Waals surface area (Å²) in [6.07, 6.45) is 4.04. The molecule has 2 heterocycles. The minimum absolute atomic E-state index is 0.155. The second kappa shape index (κ2) is 11.3. The zero-order chi connectivity index (χ0) is 18.8. The molecule has 26 heavy (non-hydrogen) atoms. The number of methoxy groups -OCH3 is 1. The Morgan fingerprint density at radius 2 is 2.19 bits per heavy atom. The standard InChI is InChI=1S/C15H22N6O2S3/c1-4-6-8-24-15-20-18-13(26-15)16-12(22)10-25-14-19-17-11(9-23-3)21(14)7-5-2/h5H,2,4,6-10H2,1,3H3,(H,16,18,22). The molecule has 2 aromatic heterocycles. The van der Waals surface area contributed by atoms with Gasteiger partial charge in [-0.15, -0.1) is 27.0 Å². The maximum atomic E-state index is 12.2. The van der Waals surface area contributed by atoms with E-state index in [1.807, 2.05) is 4.57 Å². The van der Waals surface area contributed by atoms with E-state index in [9.17, 15) is 4.79 Å². The van der Waals surface area contributed by atoms with Gasteiger partial charge in [-0.05, 0) is 6.42 Å². The first-order valence-corrected chi connectivity index (χ1v) is 10.9. The Kier molecular flexibility index (Phi) is 9.09. The van der Waals surface area contributed by atoms with Crippen LogP contribution in [0.3, 0.4) is 0 Å². The molecule has 0 aliphatic carbocycles. The first kappa shape index (κ1) is 20.9. The van der Waals surface area contributed by atoms with Gasteiger partial charge in [-0.2, -0.15) is 0 Å². The largest absolute Gasteiger partial charge is 0.377 e. The highest BCUT2D eigenvalue weighted by molar-refractivity contribution is 8.01. The summed E-state index contributed by atoms with van der Waals surface area (Å²) in [6.45, 7) is 6.81. The van der Waals surface area contributed by atoms with Crippen LogP contribution in [0.4, 0.5) is 5.13 Å². The predicted molar refractivity (Wildman–Crippen MR) is 106 cm³/mol. The van der Waals surface area contributed by atoms with E-state index in [2.05, 4.69) is 39.2 Å². The Morgan fingerprint density at radius 1 is 1.35 bits per heavy atom. The monoisotopic (exact) mass is 414 g/mol. The van der Waals surface area contributed by atoms with Crippen LogP contribution in [0.1, 0.15) is 25.6 Å². The van der Waals surface area contributed by atoms with Gasteiger partial charge >= 0.3 is 0 Å². The summed E-state index contributed by atoms with van der Waals surface area (Å²) in [7, 11) is 1.60. The summed E-state index contributed by atoms with van der Waals surface area (Å²) in [4.78, 5) is 12.2. The van der Waals surface area contributed by atoms with Gasteiger partial charge in [0.25, 0.3) is 0 Å². The van der Waals surface area contributed by atoms with Crippen molar-refractivity contribution in [1.82, 2.24) is 25.0 Å². The van der Waals surface area contributed by atoms with Crippen LogP contribution in [-0.2, 0) is 22.7 Å². The number of rotatable bonds is 12. The van der Waals surface area contributed by atoms with Gasteiger partial charge in [0, 0.05) is 19.4 Å². The lowest BCUT2D eigenvalue weighted by Gasteiger charge is -2.06. The molecule has 0 spiro atoms. The Bertz CT molecular complexity index is 718. The first-order chi connectivity index (χ1) is 12.7. The number of nitrogens with zero attached hydrogens (tertiary/aromatic N) is 5. The van der Waals surface area contributed by atoms with Crippen LogP contribution in [0.2, 0.25) is 0 Å². The van der Waals surface area contributed by atoms with Crippen molar-refractivity contribution in [3.63, 3.8) is 0 Å². The van der Waals surface area contributed by atoms with Gasteiger partial charge in [0.15, 0.2) is 15.3 Å². The summed E-state index contributed by atoms with van der Waals surface area (Å²) in [5.74, 6) is 1.77. The molecule has 0 saturated carbocycles. The van der Waals surface area contributed by atoms with Crippen LogP contribution < -0.4 is 5.32 Å². The molecule has 0 atom stereocenters. The van der Waals surface area contributed by atoms with E-state index in [0.29, 0.717) is 29.3 Å². The number of carbonyl (C=O) groups is 1. The molecule has 0 aliphatic rings. The molecule has 2 aromatic rings. The van der Waals surface area contributed by atoms with E-state index in [1.54, 1.807) is 24.9 Å². The molecule has 1 N–H and O–H groups in total. The summed E-state index contributed by atoms with van der Waals surface area (Å²) < 4.78 is 7.86. The first-order valence-electron chi connectivity index (χ1n) is 8.08. The molecule has 0 bridgehead atoms. The number of amides is 1. The Labute approximate surface area is 165 Å². The van der Waals surface area contributed by atoms with Gasteiger partial charge in [-0.25, -0.2) is 0 Å². The Balaban J connectivity index is 1.86. The molecule has 8 nitrogen and oxygen atoms in total. The molecule has 142 valence electrons. The van der Waals surface area contributed by atoms with Crippen molar-refractivity contribution in [2.24, 2.45) is 0 Å². The van der Waals surface area contributed by atoms with E-state index in [0.717, 1.165) is 22.9 Å². The number of anilines is 1. The van der Waals surface area contributed by atoms with Gasteiger partial charge in [-0.3, -0.25) is 10.1 Å². The normalized spacial score (nSPS) is 10.8. The molecule has 0 unspecified atom stereocenters. The Hall–Kier alpha value is -1.43. The lowest BCUT2D eigenvalue weighted by molar-refractivity contribution is -0.113. The van der Waals surface area contributed by atoms with Crippen molar-refractivity contribution < 1.29 is 9.53 Å². The van der Waals surface area contributed by atoms with Crippen molar-refractivity contribution in [2.45, 2.75) is 42.4 Å². The highest BCUT2D eigenvalue weighted by atomic mass is 32.2. The lowest BCUT2D eigenvalue weighted by atomic mass is 10.4. The van der Waals surface area contributed by atoms with Crippen LogP contribution in [0.5, 0.6) is 0 Å². The fourth-order valence-corrected chi connectivity index (χ4v) is 4.57. The predicted octanol–water partition coefficient (Wildman–Crippen LogP) is 3.09. The Morgan fingerprint density at radius 3 is 2.92 bits per heavy atom. The summed E-state index contributed by atoms with van der Waals surface area (Å²) in [5, 5.41) is 20.2. The van der Waals surface area contributed by atoms with Crippen molar-refractivity contribution in [3.8, 4) is 0 Å². The molecular weight excluding hydrogens is 392 g/mol. The molecule has 1 amide bonds. The zero-order valence-corrected chi connectivity index (χ0v) is 17.3. The molecule has 0 saturated heterocycles. The summed E-state index contributed by atoms with van der Waals surface area (Å²) in [5.41, 5.74) is 0. The lowest BCUT2D eigenvalue weighted by Crippen LogP contribution is -2.14. The SMILES string of the molecule is C=CCn1c(COC)nnc1SCC(=O)Nc1nnc(SCCCC)s1. The summed E-state index contributed by atoms with van der Waals surface area (Å²) >= 11 is 4.37. The van der Waals surface area contributed by atoms with Crippen LogP contribution >= 0.6 is 34.9 Å². The maximum absolute atomic E-state index is 12.2. The topological polar surface area (TPSA) is 94.8 Å². The van der Waals surface area contributed by atoms with Crippen molar-refractivity contribution >= 4 is 45.9 Å². The highest BCUT2D eigenvalue weighted by Crippen LogP contribution is 2.26. The van der Waals surface area contributed by atoms with Crippen LogP contribution in [-0.4, -0.2) is 49.5 Å². The van der Waals surface area contributed by atoms with Crippen molar-refractivity contribution in [3.05, 3.63) is 18.5 Å². The number of allylic oxidation sites excluding steroid dienone is 1. The second-order valence-electron chi connectivity index (χ2n) is 5.14. The molecule has 2 rings (SSSR count). The van der Waals surface area contributed by atoms with Crippen LogP contribution in [0, 0.1) is 0 Å². The van der Waals surface area contributed by atoms with E-state index in [-0.39, 0.29) is 11.7 Å². The number of ether oxygens (including phenoxy) is 1. The van der Waals surface area contributed by atoms with Crippen LogP contribution in [0.15, 0.2) is 22.2 Å².